The van der Waals surface area contributed by atoms with Crippen LogP contribution in [0.3, 0.4) is 0 Å². The molecule has 114 valence electrons. The molecule has 0 amide bonds. The average molecular weight is 285 g/mol. The molecular formula is C19H27NO. The van der Waals surface area contributed by atoms with Crippen LogP contribution in [0.1, 0.15) is 56.1 Å². The third-order valence-corrected chi connectivity index (χ3v) is 6.47. The minimum absolute atomic E-state index is 0.274. The number of nitrogens with two attached hydrogens (primary N) is 1. The highest BCUT2D eigenvalue weighted by molar-refractivity contribution is 5.42. The second kappa shape index (κ2) is 5.31. The van der Waals surface area contributed by atoms with Crippen LogP contribution in [0.25, 0.3) is 0 Å². The molecule has 2 unspecified atom stereocenters. The van der Waals surface area contributed by atoms with Gasteiger partial charge in [0.25, 0.3) is 0 Å². The van der Waals surface area contributed by atoms with Gasteiger partial charge in [0.2, 0.25) is 0 Å². The molecule has 2 fully saturated rings. The van der Waals surface area contributed by atoms with Gasteiger partial charge in [-0.05, 0) is 78.5 Å². The summed E-state index contributed by atoms with van der Waals surface area (Å²) in [6.07, 6.45) is 8.47. The molecule has 1 aromatic rings. The zero-order valence-corrected chi connectivity index (χ0v) is 13.1. The molecule has 21 heavy (non-hydrogen) atoms. The number of rotatable bonds is 2. The molecule has 4 bridgehead atoms. The van der Waals surface area contributed by atoms with E-state index in [9.17, 15) is 0 Å². The SMILES string of the molecule is CC1CC2CCCC[C@@H]3[C@@H]2c2cc(OCN)ccc2C[C@@H]13. The van der Waals surface area contributed by atoms with Crippen molar-refractivity contribution in [3.63, 3.8) is 0 Å². The monoisotopic (exact) mass is 285 g/mol. The number of hydrogen-bond donors (Lipinski definition) is 1. The summed E-state index contributed by atoms with van der Waals surface area (Å²) < 4.78 is 5.56. The molecule has 0 heterocycles. The number of hydrogen-bond acceptors (Lipinski definition) is 2. The number of ether oxygens (including phenoxy) is 1. The third kappa shape index (κ3) is 2.19. The van der Waals surface area contributed by atoms with E-state index < -0.39 is 0 Å². The largest absolute Gasteiger partial charge is 0.479 e. The van der Waals surface area contributed by atoms with Crippen molar-refractivity contribution < 1.29 is 4.74 Å². The second-order valence-corrected chi connectivity index (χ2v) is 7.49. The normalized spacial score (nSPS) is 37.5. The number of benzene rings is 1. The highest BCUT2D eigenvalue weighted by Crippen LogP contribution is 2.57. The quantitative estimate of drug-likeness (QED) is 0.831. The van der Waals surface area contributed by atoms with Gasteiger partial charge in [0.15, 0.2) is 0 Å². The zero-order chi connectivity index (χ0) is 14.4. The lowest BCUT2D eigenvalue weighted by molar-refractivity contribution is 0.0758. The molecule has 2 saturated carbocycles. The van der Waals surface area contributed by atoms with Crippen molar-refractivity contribution in [1.82, 2.24) is 0 Å². The summed E-state index contributed by atoms with van der Waals surface area (Å²) in [6.45, 7) is 2.78. The van der Waals surface area contributed by atoms with Gasteiger partial charge in [-0.25, -0.2) is 0 Å². The van der Waals surface area contributed by atoms with Crippen molar-refractivity contribution in [3.05, 3.63) is 29.3 Å². The zero-order valence-electron chi connectivity index (χ0n) is 13.1. The van der Waals surface area contributed by atoms with E-state index in [1.165, 1.54) is 38.5 Å². The summed E-state index contributed by atoms with van der Waals surface area (Å²) in [5, 5.41) is 0. The summed E-state index contributed by atoms with van der Waals surface area (Å²) in [4.78, 5) is 0. The van der Waals surface area contributed by atoms with Crippen molar-refractivity contribution in [2.45, 2.75) is 51.4 Å². The standard InChI is InChI=1S/C19H27NO/c1-12-8-14-4-2-3-5-16-17(12)9-13-6-7-15(21-11-20)10-18(13)19(14)16/h6-7,10,12,14,16-17,19H,2-5,8-9,11,20H2,1H3/t12?,14?,16-,17-,19+/m0/s1. The Bertz CT molecular complexity index is 526. The van der Waals surface area contributed by atoms with Crippen LogP contribution in [-0.2, 0) is 6.42 Å². The summed E-state index contributed by atoms with van der Waals surface area (Å²) in [5.74, 6) is 5.39. The molecule has 2 heteroatoms. The molecule has 5 atom stereocenters. The minimum Gasteiger partial charge on any atom is -0.479 e. The fourth-order valence-corrected chi connectivity index (χ4v) is 5.66. The number of fused-ring (bicyclic) bond motifs is 1. The van der Waals surface area contributed by atoms with Crippen LogP contribution in [0.2, 0.25) is 0 Å². The van der Waals surface area contributed by atoms with Crippen LogP contribution in [-0.4, -0.2) is 6.73 Å². The van der Waals surface area contributed by atoms with Gasteiger partial charge >= 0.3 is 0 Å². The Balaban J connectivity index is 1.78. The highest BCUT2D eigenvalue weighted by atomic mass is 16.5. The molecule has 4 rings (SSSR count). The van der Waals surface area contributed by atoms with E-state index in [1.54, 1.807) is 11.1 Å². The maximum absolute atomic E-state index is 5.56. The van der Waals surface area contributed by atoms with Gasteiger partial charge in [-0.1, -0.05) is 25.8 Å². The van der Waals surface area contributed by atoms with Crippen LogP contribution in [0.15, 0.2) is 18.2 Å². The van der Waals surface area contributed by atoms with E-state index >= 15 is 0 Å². The summed E-state index contributed by atoms with van der Waals surface area (Å²) >= 11 is 0. The molecular weight excluding hydrogens is 258 g/mol. The van der Waals surface area contributed by atoms with Gasteiger partial charge in [0.1, 0.15) is 12.5 Å². The van der Waals surface area contributed by atoms with Crippen LogP contribution >= 0.6 is 0 Å². The molecule has 0 aliphatic heterocycles. The highest BCUT2D eigenvalue weighted by Gasteiger charge is 2.47. The summed E-state index contributed by atoms with van der Waals surface area (Å²) in [6, 6.07) is 6.73. The lowest BCUT2D eigenvalue weighted by Gasteiger charge is -2.50. The van der Waals surface area contributed by atoms with Crippen LogP contribution in [0.4, 0.5) is 0 Å². The van der Waals surface area contributed by atoms with Crippen molar-refractivity contribution in [3.8, 4) is 5.75 Å². The fraction of sp³-hybridized carbons (Fsp3) is 0.684. The molecule has 3 aliphatic rings. The first-order valence-corrected chi connectivity index (χ1v) is 8.73. The van der Waals surface area contributed by atoms with Gasteiger partial charge in [0.05, 0.1) is 0 Å². The maximum atomic E-state index is 5.56. The Morgan fingerprint density at radius 1 is 1.19 bits per heavy atom. The molecule has 2 nitrogen and oxygen atoms in total. The van der Waals surface area contributed by atoms with Gasteiger partial charge in [-0.2, -0.15) is 0 Å². The van der Waals surface area contributed by atoms with Crippen molar-refractivity contribution >= 4 is 0 Å². The van der Waals surface area contributed by atoms with Crippen molar-refractivity contribution in [2.75, 3.05) is 6.73 Å². The first-order valence-electron chi connectivity index (χ1n) is 8.73. The van der Waals surface area contributed by atoms with E-state index in [2.05, 4.69) is 25.1 Å². The van der Waals surface area contributed by atoms with E-state index in [-0.39, 0.29) is 6.73 Å². The van der Waals surface area contributed by atoms with Gasteiger partial charge in [-0.3, -0.25) is 5.73 Å². The van der Waals surface area contributed by atoms with Gasteiger partial charge in [0, 0.05) is 0 Å². The van der Waals surface area contributed by atoms with Crippen LogP contribution in [0, 0.1) is 23.7 Å². The smallest absolute Gasteiger partial charge is 0.137 e. The first kappa shape index (κ1) is 13.6. The third-order valence-electron chi connectivity index (χ3n) is 6.47. The minimum atomic E-state index is 0.274. The van der Waals surface area contributed by atoms with Crippen LogP contribution in [0.5, 0.6) is 5.75 Å². The van der Waals surface area contributed by atoms with Gasteiger partial charge in [-0.15, -0.1) is 0 Å². The summed E-state index contributed by atoms with van der Waals surface area (Å²) in [5.41, 5.74) is 8.74. The first-order chi connectivity index (χ1) is 10.3. The molecule has 0 saturated heterocycles. The molecule has 2 N–H and O–H groups in total. The lowest BCUT2D eigenvalue weighted by Crippen LogP contribution is -2.41. The predicted molar refractivity (Wildman–Crippen MR) is 85.3 cm³/mol. The van der Waals surface area contributed by atoms with Crippen LogP contribution < -0.4 is 10.5 Å². The summed E-state index contributed by atoms with van der Waals surface area (Å²) in [7, 11) is 0. The van der Waals surface area contributed by atoms with E-state index in [4.69, 9.17) is 10.5 Å². The maximum Gasteiger partial charge on any atom is 0.137 e. The molecule has 0 radical (unpaired) electrons. The molecule has 0 aromatic heterocycles. The van der Waals surface area contributed by atoms with E-state index in [0.29, 0.717) is 0 Å². The van der Waals surface area contributed by atoms with Crippen molar-refractivity contribution in [1.29, 1.82) is 0 Å². The predicted octanol–water partition coefficient (Wildman–Crippen LogP) is 4.08. The topological polar surface area (TPSA) is 35.2 Å². The average Bonchev–Trinajstić information content (AvgIpc) is 2.64. The van der Waals surface area contributed by atoms with Gasteiger partial charge < -0.3 is 4.74 Å². The molecule has 0 spiro atoms. The van der Waals surface area contributed by atoms with E-state index in [1.807, 2.05) is 0 Å². The lowest BCUT2D eigenvalue weighted by atomic mass is 9.55. The molecule has 3 aliphatic carbocycles. The fourth-order valence-electron chi connectivity index (χ4n) is 5.66. The Labute approximate surface area is 128 Å². The Morgan fingerprint density at radius 2 is 2.05 bits per heavy atom. The van der Waals surface area contributed by atoms with E-state index in [0.717, 1.165) is 35.3 Å². The Kier molecular flexibility index (Phi) is 3.45. The second-order valence-electron chi connectivity index (χ2n) is 7.49. The Morgan fingerprint density at radius 3 is 2.90 bits per heavy atom. The molecule has 1 aromatic carbocycles. The Hall–Kier alpha value is -1.02. The van der Waals surface area contributed by atoms with Crippen molar-refractivity contribution in [2.24, 2.45) is 29.4 Å².